The molecular weight excluding hydrogens is 356 g/mol. The summed E-state index contributed by atoms with van der Waals surface area (Å²) >= 11 is 1.14. The highest BCUT2D eigenvalue weighted by Crippen LogP contribution is 2.43. The Hall–Kier alpha value is -3.14. The first-order chi connectivity index (χ1) is 12.5. The maximum Gasteiger partial charge on any atom is 0.203 e. The first kappa shape index (κ1) is 19.2. The van der Waals surface area contributed by atoms with Gasteiger partial charge >= 0.3 is 0 Å². The Kier molecular flexibility index (Phi) is 6.12. The van der Waals surface area contributed by atoms with E-state index in [4.69, 9.17) is 20.3 Å². The fourth-order valence-corrected chi connectivity index (χ4v) is 3.16. The van der Waals surface area contributed by atoms with Gasteiger partial charge in [-0.05, 0) is 17.7 Å². The van der Waals surface area contributed by atoms with Crippen LogP contribution < -0.4 is 15.2 Å². The molecule has 1 aromatic heterocycles. The molecule has 4 N–H and O–H groups in total. The van der Waals surface area contributed by atoms with E-state index in [9.17, 15) is 15.6 Å². The van der Waals surface area contributed by atoms with Gasteiger partial charge in [0.15, 0.2) is 11.5 Å². The fourth-order valence-electron chi connectivity index (χ4n) is 2.42. The molecule has 0 fully saturated rings. The van der Waals surface area contributed by atoms with E-state index in [2.05, 4.69) is 4.98 Å². The number of nitriles is 2. The standard InChI is InChI=1S/C17H16N4O4S/c1-24-13-6-9(5-12(23)15(13)25-2)14-10(7-18)16(20)21-17(11(14)8-19)26-4-3-22/h5-6,22-23H,3-4H2,1-2H3,(H2,20,21). The van der Waals surface area contributed by atoms with Crippen molar-refractivity contribution < 1.29 is 19.7 Å². The number of aromatic hydroxyl groups is 1. The SMILES string of the molecule is COc1cc(-c2c(C#N)c(N)nc(SCCO)c2C#N)cc(O)c1OC. The lowest BCUT2D eigenvalue weighted by Gasteiger charge is -2.15. The van der Waals surface area contributed by atoms with E-state index in [1.54, 1.807) is 0 Å². The van der Waals surface area contributed by atoms with Crippen molar-refractivity contribution in [1.29, 1.82) is 10.5 Å². The van der Waals surface area contributed by atoms with Crippen LogP contribution >= 0.6 is 11.8 Å². The molecule has 0 aliphatic rings. The quantitative estimate of drug-likeness (QED) is 0.647. The predicted octanol–water partition coefficient (Wildman–Crippen LogP) is 1.88. The Morgan fingerprint density at radius 3 is 2.42 bits per heavy atom. The summed E-state index contributed by atoms with van der Waals surface area (Å²) in [6, 6.07) is 6.89. The zero-order valence-corrected chi connectivity index (χ0v) is 14.9. The van der Waals surface area contributed by atoms with Gasteiger partial charge in [0.05, 0.1) is 26.4 Å². The smallest absolute Gasteiger partial charge is 0.203 e. The summed E-state index contributed by atoms with van der Waals surface area (Å²) in [5, 5.41) is 38.7. The van der Waals surface area contributed by atoms with Gasteiger partial charge in [-0.2, -0.15) is 10.5 Å². The largest absolute Gasteiger partial charge is 0.504 e. The van der Waals surface area contributed by atoms with Gasteiger partial charge in [0.25, 0.3) is 0 Å². The van der Waals surface area contributed by atoms with Crippen LogP contribution in [0.3, 0.4) is 0 Å². The number of nitrogen functional groups attached to an aromatic ring is 1. The molecule has 2 aromatic rings. The van der Waals surface area contributed by atoms with Crippen LogP contribution in [0.25, 0.3) is 11.1 Å². The number of ether oxygens (including phenoxy) is 2. The highest BCUT2D eigenvalue weighted by molar-refractivity contribution is 7.99. The number of anilines is 1. The van der Waals surface area contributed by atoms with Crippen LogP contribution in [0.4, 0.5) is 5.82 Å². The number of pyridine rings is 1. The van der Waals surface area contributed by atoms with Crippen LogP contribution in [0.2, 0.25) is 0 Å². The van der Waals surface area contributed by atoms with Crippen molar-refractivity contribution in [3.63, 3.8) is 0 Å². The second kappa shape index (κ2) is 8.30. The Morgan fingerprint density at radius 2 is 1.88 bits per heavy atom. The predicted molar refractivity (Wildman–Crippen MR) is 96.1 cm³/mol. The van der Waals surface area contributed by atoms with Gasteiger partial charge in [-0.1, -0.05) is 0 Å². The zero-order valence-electron chi connectivity index (χ0n) is 14.1. The summed E-state index contributed by atoms with van der Waals surface area (Å²) in [6.07, 6.45) is 0. The normalized spacial score (nSPS) is 10.0. The molecule has 9 heteroatoms. The Morgan fingerprint density at radius 1 is 1.19 bits per heavy atom. The Balaban J connectivity index is 2.84. The third-order valence-electron chi connectivity index (χ3n) is 3.49. The Bertz CT molecular complexity index is 919. The summed E-state index contributed by atoms with van der Waals surface area (Å²) in [6.45, 7) is -0.108. The van der Waals surface area contributed by atoms with E-state index < -0.39 is 0 Å². The molecule has 1 aromatic carbocycles. The van der Waals surface area contributed by atoms with Gasteiger partial charge in [-0.25, -0.2) is 4.98 Å². The van der Waals surface area contributed by atoms with Crippen LogP contribution in [0.5, 0.6) is 17.2 Å². The van der Waals surface area contributed by atoms with Crippen LogP contribution in [0.15, 0.2) is 17.2 Å². The molecule has 0 amide bonds. The molecule has 26 heavy (non-hydrogen) atoms. The number of thioether (sulfide) groups is 1. The van der Waals surface area contributed by atoms with Crippen LogP contribution in [-0.4, -0.2) is 41.8 Å². The van der Waals surface area contributed by atoms with E-state index in [0.29, 0.717) is 16.3 Å². The van der Waals surface area contributed by atoms with Gasteiger partial charge in [-0.3, -0.25) is 0 Å². The molecule has 0 saturated heterocycles. The molecule has 0 atom stereocenters. The minimum absolute atomic E-state index is 0.0153. The molecule has 1 heterocycles. The number of rotatable bonds is 6. The lowest BCUT2D eigenvalue weighted by molar-refractivity contribution is 0.322. The number of phenolic OH excluding ortho intramolecular Hbond substituents is 1. The van der Waals surface area contributed by atoms with E-state index in [1.807, 2.05) is 12.1 Å². The molecule has 0 spiro atoms. The summed E-state index contributed by atoms with van der Waals surface area (Å²) in [5.74, 6) is 0.412. The summed E-state index contributed by atoms with van der Waals surface area (Å²) < 4.78 is 10.3. The topological polar surface area (TPSA) is 145 Å². The molecule has 0 bridgehead atoms. The van der Waals surface area contributed by atoms with Crippen molar-refractivity contribution in [1.82, 2.24) is 4.98 Å². The number of aliphatic hydroxyl groups excluding tert-OH is 1. The zero-order chi connectivity index (χ0) is 19.3. The van der Waals surface area contributed by atoms with Gasteiger partial charge < -0.3 is 25.4 Å². The molecule has 134 valence electrons. The Labute approximate surface area is 154 Å². The van der Waals surface area contributed by atoms with Crippen LogP contribution in [-0.2, 0) is 0 Å². The van der Waals surface area contributed by atoms with Crippen LogP contribution in [0, 0.1) is 22.7 Å². The molecule has 0 aliphatic carbocycles. The van der Waals surface area contributed by atoms with E-state index >= 15 is 0 Å². The lowest BCUT2D eigenvalue weighted by atomic mass is 9.96. The highest BCUT2D eigenvalue weighted by atomic mass is 32.2. The summed E-state index contributed by atoms with van der Waals surface area (Å²) in [7, 11) is 2.79. The van der Waals surface area contributed by atoms with Gasteiger partial charge in [0.1, 0.15) is 28.5 Å². The number of aromatic nitrogens is 1. The summed E-state index contributed by atoms with van der Waals surface area (Å²) in [5.41, 5.74) is 6.62. The second-order valence-electron chi connectivity index (χ2n) is 4.95. The van der Waals surface area contributed by atoms with E-state index in [-0.39, 0.29) is 46.4 Å². The van der Waals surface area contributed by atoms with Crippen molar-refractivity contribution >= 4 is 17.6 Å². The highest BCUT2D eigenvalue weighted by Gasteiger charge is 2.23. The van der Waals surface area contributed by atoms with Gasteiger partial charge in [0.2, 0.25) is 5.75 Å². The number of nitrogens with zero attached hydrogens (tertiary/aromatic N) is 3. The van der Waals surface area contributed by atoms with Gasteiger partial charge in [-0.15, -0.1) is 11.8 Å². The lowest BCUT2D eigenvalue weighted by Crippen LogP contribution is -2.04. The number of benzene rings is 1. The number of hydrogen-bond donors (Lipinski definition) is 3. The number of aliphatic hydroxyl groups is 1. The van der Waals surface area contributed by atoms with E-state index in [1.165, 1.54) is 26.4 Å². The minimum Gasteiger partial charge on any atom is -0.504 e. The van der Waals surface area contributed by atoms with Crippen molar-refractivity contribution in [2.75, 3.05) is 32.3 Å². The molecule has 0 radical (unpaired) electrons. The van der Waals surface area contributed by atoms with E-state index in [0.717, 1.165) is 11.8 Å². The molecule has 0 unspecified atom stereocenters. The fraction of sp³-hybridized carbons (Fsp3) is 0.235. The maximum atomic E-state index is 10.2. The van der Waals surface area contributed by atoms with Crippen molar-refractivity contribution in [2.45, 2.75) is 5.03 Å². The number of phenols is 1. The third kappa shape index (κ3) is 3.45. The number of hydrogen-bond acceptors (Lipinski definition) is 9. The van der Waals surface area contributed by atoms with Crippen molar-refractivity contribution in [3.8, 4) is 40.5 Å². The minimum atomic E-state index is -0.213. The number of methoxy groups -OCH3 is 2. The molecule has 0 aliphatic heterocycles. The van der Waals surface area contributed by atoms with Gasteiger partial charge in [0, 0.05) is 11.3 Å². The summed E-state index contributed by atoms with van der Waals surface area (Å²) in [4.78, 5) is 4.10. The first-order valence-corrected chi connectivity index (χ1v) is 8.33. The number of nitrogens with two attached hydrogens (primary N) is 1. The molecule has 2 rings (SSSR count). The average Bonchev–Trinajstić information content (AvgIpc) is 2.64. The van der Waals surface area contributed by atoms with Crippen molar-refractivity contribution in [2.24, 2.45) is 0 Å². The maximum absolute atomic E-state index is 10.2. The van der Waals surface area contributed by atoms with Crippen molar-refractivity contribution in [3.05, 3.63) is 23.3 Å². The first-order valence-electron chi connectivity index (χ1n) is 7.35. The monoisotopic (exact) mass is 372 g/mol. The molecular formula is C17H16N4O4S. The average molecular weight is 372 g/mol. The second-order valence-corrected chi connectivity index (χ2v) is 6.04. The molecule has 0 saturated carbocycles. The third-order valence-corrected chi connectivity index (χ3v) is 4.45. The molecule has 8 nitrogen and oxygen atoms in total. The van der Waals surface area contributed by atoms with Crippen LogP contribution in [0.1, 0.15) is 11.1 Å².